The third-order valence-corrected chi connectivity index (χ3v) is 2.64. The molecule has 0 aliphatic carbocycles. The minimum absolute atomic E-state index is 0.0601. The summed E-state index contributed by atoms with van der Waals surface area (Å²) in [5.74, 6) is 0.105. The molecule has 0 aliphatic heterocycles. The highest BCUT2D eigenvalue weighted by atomic mass is 127. The Balaban J connectivity index is 3.37. The molecule has 0 saturated carbocycles. The smallest absolute Gasteiger partial charge is 0.245 e. The molecular weight excluding hydrogens is 324 g/mol. The molecule has 0 unspecified atom stereocenters. The van der Waals surface area contributed by atoms with Crippen LogP contribution in [0.5, 0.6) is 0 Å². The van der Waals surface area contributed by atoms with Crippen LogP contribution in [-0.4, -0.2) is 4.98 Å². The second kappa shape index (κ2) is 4.84. The monoisotopic (exact) mass is 328 g/mol. The van der Waals surface area contributed by atoms with Crippen LogP contribution in [0.25, 0.3) is 0 Å². The lowest BCUT2D eigenvalue weighted by molar-refractivity contribution is 0.149. The molecule has 0 spiro atoms. The van der Waals surface area contributed by atoms with Crippen molar-refractivity contribution < 1.29 is 8.78 Å². The highest BCUT2D eigenvalue weighted by Gasteiger charge is 2.18. The lowest BCUT2D eigenvalue weighted by atomic mass is 10.1. The van der Waals surface area contributed by atoms with Crippen molar-refractivity contribution >= 4 is 34.2 Å². The Bertz CT molecular complexity index is 390. The van der Waals surface area contributed by atoms with Crippen molar-refractivity contribution in [3.05, 3.63) is 26.6 Å². The van der Waals surface area contributed by atoms with Gasteiger partial charge in [0.25, 0.3) is 6.43 Å². The van der Waals surface area contributed by atoms with E-state index in [-0.39, 0.29) is 20.7 Å². The zero-order chi connectivity index (χ0) is 10.7. The van der Waals surface area contributed by atoms with Gasteiger partial charge in [0.2, 0.25) is 0 Å². The first-order valence-electron chi connectivity index (χ1n) is 3.53. The summed E-state index contributed by atoms with van der Waals surface area (Å²) in [6.07, 6.45) is -2.69. The van der Waals surface area contributed by atoms with Crippen LogP contribution in [0.1, 0.15) is 23.2 Å². The molecule has 0 atom stereocenters. The van der Waals surface area contributed by atoms with E-state index in [0.717, 1.165) is 0 Å². The van der Waals surface area contributed by atoms with Gasteiger partial charge in [0, 0.05) is 0 Å². The first kappa shape index (κ1) is 11.6. The first-order chi connectivity index (χ1) is 6.60. The maximum atomic E-state index is 12.5. The number of nitriles is 1. The quantitative estimate of drug-likeness (QED) is 0.475. The van der Waals surface area contributed by atoms with Crippen LogP contribution >= 0.6 is 34.2 Å². The fraction of sp³-hybridized carbons (Fsp3) is 0.250. The summed E-state index contributed by atoms with van der Waals surface area (Å²) in [6.45, 7) is 0. The van der Waals surface area contributed by atoms with Crippen LogP contribution in [0, 0.1) is 15.0 Å². The molecule has 14 heavy (non-hydrogen) atoms. The van der Waals surface area contributed by atoms with Gasteiger partial charge in [-0.15, -0.1) is 11.6 Å². The van der Waals surface area contributed by atoms with Crippen LogP contribution < -0.4 is 0 Å². The predicted octanol–water partition coefficient (Wildman–Crippen LogP) is 3.23. The Kier molecular flexibility index (Phi) is 4.01. The van der Waals surface area contributed by atoms with Gasteiger partial charge in [-0.1, -0.05) is 0 Å². The molecule has 0 aromatic carbocycles. The number of aromatic nitrogens is 1. The lowest BCUT2D eigenvalue weighted by Gasteiger charge is -2.06. The van der Waals surface area contributed by atoms with Gasteiger partial charge in [-0.05, 0) is 28.7 Å². The Hall–Kier alpha value is -0.480. The fourth-order valence-corrected chi connectivity index (χ4v) is 1.92. The second-order valence-electron chi connectivity index (χ2n) is 2.41. The molecule has 0 saturated heterocycles. The van der Waals surface area contributed by atoms with Gasteiger partial charge in [-0.2, -0.15) is 5.26 Å². The lowest BCUT2D eigenvalue weighted by Crippen LogP contribution is -2.01. The molecular formula is C8H4ClF2IN2. The van der Waals surface area contributed by atoms with Crippen molar-refractivity contribution in [2.24, 2.45) is 0 Å². The maximum absolute atomic E-state index is 12.5. The molecule has 0 aliphatic rings. The SMILES string of the molecule is N#Cc1cc(CCl)nc(I)c1C(F)F. The van der Waals surface area contributed by atoms with Crippen LogP contribution in [-0.2, 0) is 5.88 Å². The van der Waals surface area contributed by atoms with E-state index in [1.807, 2.05) is 0 Å². The summed E-state index contributed by atoms with van der Waals surface area (Å²) in [6, 6.07) is 3.00. The second-order valence-corrected chi connectivity index (χ2v) is 3.70. The largest absolute Gasteiger partial charge is 0.267 e. The van der Waals surface area contributed by atoms with E-state index in [1.54, 1.807) is 28.7 Å². The minimum atomic E-state index is -2.69. The molecule has 0 bridgehead atoms. The number of hydrogen-bond donors (Lipinski definition) is 0. The van der Waals surface area contributed by atoms with Crippen molar-refractivity contribution in [3.8, 4) is 6.07 Å². The predicted molar refractivity (Wildman–Crippen MR) is 56.2 cm³/mol. The molecule has 2 nitrogen and oxygen atoms in total. The van der Waals surface area contributed by atoms with Crippen molar-refractivity contribution in [2.75, 3.05) is 0 Å². The van der Waals surface area contributed by atoms with Crippen molar-refractivity contribution in [3.63, 3.8) is 0 Å². The van der Waals surface area contributed by atoms with E-state index in [2.05, 4.69) is 4.98 Å². The maximum Gasteiger partial charge on any atom is 0.267 e. The fourth-order valence-electron chi connectivity index (χ4n) is 0.943. The summed E-state index contributed by atoms with van der Waals surface area (Å²) < 4.78 is 25.1. The van der Waals surface area contributed by atoms with Crippen LogP contribution in [0.2, 0.25) is 0 Å². The van der Waals surface area contributed by atoms with Crippen molar-refractivity contribution in [1.29, 1.82) is 5.26 Å². The summed E-state index contributed by atoms with van der Waals surface area (Å²) in [5.41, 5.74) is 0.0500. The number of nitrogens with zero attached hydrogens (tertiary/aromatic N) is 2. The molecule has 0 fully saturated rings. The van der Waals surface area contributed by atoms with Crippen LogP contribution in [0.4, 0.5) is 8.78 Å². The van der Waals surface area contributed by atoms with E-state index in [9.17, 15) is 8.78 Å². The molecule has 1 rings (SSSR count). The van der Waals surface area contributed by atoms with Crippen LogP contribution in [0.3, 0.4) is 0 Å². The van der Waals surface area contributed by atoms with Crippen molar-refractivity contribution in [1.82, 2.24) is 4.98 Å². The number of halogens is 4. The third-order valence-electron chi connectivity index (χ3n) is 1.54. The van der Waals surface area contributed by atoms with Gasteiger partial charge in [0.15, 0.2) is 0 Å². The zero-order valence-corrected chi connectivity index (χ0v) is 9.68. The van der Waals surface area contributed by atoms with Gasteiger partial charge in [-0.3, -0.25) is 0 Å². The molecule has 0 N–H and O–H groups in total. The minimum Gasteiger partial charge on any atom is -0.245 e. The Labute approximate surface area is 98.0 Å². The third kappa shape index (κ3) is 2.30. The standard InChI is InChI=1S/C8H4ClF2IN2/c9-2-5-1-4(3-13)6(7(10)11)8(12)14-5/h1,7H,2H2. The van der Waals surface area contributed by atoms with Crippen LogP contribution in [0.15, 0.2) is 6.07 Å². The summed E-state index contributed by atoms with van der Waals surface area (Å²) in [7, 11) is 0. The average Bonchev–Trinajstić information content (AvgIpc) is 2.15. The number of rotatable bonds is 2. The normalized spacial score (nSPS) is 10.3. The molecule has 1 heterocycles. The van der Waals surface area contributed by atoms with Crippen molar-refractivity contribution in [2.45, 2.75) is 12.3 Å². The van der Waals surface area contributed by atoms with E-state index >= 15 is 0 Å². The van der Waals surface area contributed by atoms with Gasteiger partial charge in [-0.25, -0.2) is 13.8 Å². The highest BCUT2D eigenvalue weighted by molar-refractivity contribution is 14.1. The number of hydrogen-bond acceptors (Lipinski definition) is 2. The summed E-state index contributed by atoms with van der Waals surface area (Å²) in [4.78, 5) is 3.85. The van der Waals surface area contributed by atoms with E-state index in [1.165, 1.54) is 6.07 Å². The summed E-state index contributed by atoms with van der Waals surface area (Å²) in [5, 5.41) is 8.65. The Morgan fingerprint density at radius 3 is 2.71 bits per heavy atom. The molecule has 1 aromatic rings. The van der Waals surface area contributed by atoms with Gasteiger partial charge < -0.3 is 0 Å². The Morgan fingerprint density at radius 2 is 2.29 bits per heavy atom. The summed E-state index contributed by atoms with van der Waals surface area (Å²) >= 11 is 7.17. The van der Waals surface area contributed by atoms with E-state index in [4.69, 9.17) is 16.9 Å². The van der Waals surface area contributed by atoms with Gasteiger partial charge >= 0.3 is 0 Å². The average molecular weight is 328 g/mol. The molecule has 1 aromatic heterocycles. The van der Waals surface area contributed by atoms with E-state index < -0.39 is 6.43 Å². The number of alkyl halides is 3. The highest BCUT2D eigenvalue weighted by Crippen LogP contribution is 2.27. The zero-order valence-electron chi connectivity index (χ0n) is 6.77. The molecule has 74 valence electrons. The first-order valence-corrected chi connectivity index (χ1v) is 5.15. The Morgan fingerprint density at radius 1 is 1.64 bits per heavy atom. The molecule has 0 radical (unpaired) electrons. The molecule has 0 amide bonds. The van der Waals surface area contributed by atoms with E-state index in [0.29, 0.717) is 5.69 Å². The molecule has 6 heteroatoms. The van der Waals surface area contributed by atoms with Gasteiger partial charge in [0.05, 0.1) is 28.8 Å². The van der Waals surface area contributed by atoms with Gasteiger partial charge in [0.1, 0.15) is 3.70 Å². The topological polar surface area (TPSA) is 36.7 Å². The number of pyridine rings is 1.